The highest BCUT2D eigenvalue weighted by molar-refractivity contribution is 6.22. The lowest BCUT2D eigenvalue weighted by atomic mass is 10.1. The van der Waals surface area contributed by atoms with Crippen molar-refractivity contribution >= 4 is 34.5 Å². The first-order chi connectivity index (χ1) is 10.8. The number of ether oxygens (including phenoxy) is 1. The quantitative estimate of drug-likeness (QED) is 0.283. The number of aromatic nitrogens is 4. The zero-order valence-corrected chi connectivity index (χ0v) is 12.0. The monoisotopic (exact) mass is 346 g/mol. The summed E-state index contributed by atoms with van der Waals surface area (Å²) in [6.45, 7) is -0.601. The van der Waals surface area contributed by atoms with Gasteiger partial charge in [0.2, 0.25) is 11.5 Å². The fraction of sp³-hybridized carbons (Fsp3) is 0.500. The van der Waals surface area contributed by atoms with Gasteiger partial charge in [-0.15, -0.1) is 0 Å². The molecule has 3 heterocycles. The number of hydrogen-bond acceptors (Lipinski definition) is 10. The molecule has 0 saturated carbocycles. The summed E-state index contributed by atoms with van der Waals surface area (Å²) in [6.07, 6.45) is -3.21. The summed E-state index contributed by atoms with van der Waals surface area (Å²) in [5.41, 5.74) is 5.44. The molecule has 0 amide bonds. The summed E-state index contributed by atoms with van der Waals surface area (Å²) < 4.78 is 6.27. The van der Waals surface area contributed by atoms with Gasteiger partial charge in [0.25, 0.3) is 5.18 Å². The fourth-order valence-corrected chi connectivity index (χ4v) is 2.69. The van der Waals surface area contributed by atoms with Crippen molar-refractivity contribution in [3.8, 4) is 0 Å². The summed E-state index contributed by atoms with van der Waals surface area (Å²) >= 11 is 6.23. The first kappa shape index (κ1) is 15.8. The topological polar surface area (TPSA) is 183 Å². The lowest BCUT2D eigenvalue weighted by Crippen LogP contribution is -2.41. The Morgan fingerprint density at radius 1 is 1.52 bits per heavy atom. The van der Waals surface area contributed by atoms with Crippen molar-refractivity contribution in [3.05, 3.63) is 16.4 Å². The van der Waals surface area contributed by atoms with Crippen molar-refractivity contribution in [1.82, 2.24) is 19.5 Å². The lowest BCUT2D eigenvalue weighted by molar-refractivity contribution is -0.394. The van der Waals surface area contributed by atoms with Gasteiger partial charge in [-0.25, -0.2) is 4.98 Å². The van der Waals surface area contributed by atoms with E-state index in [2.05, 4.69) is 15.0 Å². The maximum Gasteiger partial charge on any atom is 0.473 e. The number of nitrogens with zero attached hydrogens (tertiary/aromatic N) is 5. The van der Waals surface area contributed by atoms with Crippen molar-refractivity contribution in [2.24, 2.45) is 0 Å². The maximum absolute atomic E-state index is 10.9. The van der Waals surface area contributed by atoms with E-state index in [0.717, 1.165) is 10.9 Å². The molecule has 0 radical (unpaired) electrons. The van der Waals surface area contributed by atoms with E-state index in [1.54, 1.807) is 0 Å². The Morgan fingerprint density at radius 2 is 2.22 bits per heavy atom. The Hall–Kier alpha value is -2.12. The molecule has 2 aromatic rings. The lowest BCUT2D eigenvalue weighted by Gasteiger charge is -2.25. The van der Waals surface area contributed by atoms with Crippen LogP contribution in [0.5, 0.6) is 0 Å². The molecular formula is C10H11ClN6O6. The minimum Gasteiger partial charge on any atom is -0.394 e. The number of rotatable bonds is 3. The molecule has 0 aliphatic carbocycles. The van der Waals surface area contributed by atoms with Crippen LogP contribution in [0.25, 0.3) is 11.2 Å². The zero-order valence-electron chi connectivity index (χ0n) is 11.3. The van der Waals surface area contributed by atoms with Gasteiger partial charge in [-0.2, -0.15) is 0 Å². The first-order valence-corrected chi connectivity index (χ1v) is 6.66. The number of anilines is 1. The summed E-state index contributed by atoms with van der Waals surface area (Å²) in [5, 5.41) is 37.9. The second-order valence-corrected chi connectivity index (χ2v) is 5.38. The summed E-state index contributed by atoms with van der Waals surface area (Å²) in [5.74, 6) is -1.05. The van der Waals surface area contributed by atoms with Gasteiger partial charge in [0, 0.05) is 0 Å². The number of aliphatic hydroxyl groups excluding tert-OH is 3. The van der Waals surface area contributed by atoms with Gasteiger partial charge in [-0.05, 0) is 14.9 Å². The van der Waals surface area contributed by atoms with Gasteiger partial charge in [0.05, 0.1) is 6.61 Å². The predicted molar refractivity (Wildman–Crippen MR) is 74.2 cm³/mol. The van der Waals surface area contributed by atoms with Gasteiger partial charge in [-0.1, -0.05) is 11.6 Å². The smallest absolute Gasteiger partial charge is 0.394 e. The molecule has 23 heavy (non-hydrogen) atoms. The van der Waals surface area contributed by atoms with Crippen molar-refractivity contribution < 1.29 is 25.0 Å². The number of hydrogen-bond donors (Lipinski definition) is 4. The average Bonchev–Trinajstić information content (AvgIpc) is 3.03. The number of fused-ring (bicyclic) bond motifs is 1. The SMILES string of the molecule is Nc1nc([N+](=O)[O-])nc2c1ncn2[C@]1(Cl)O[C@H](CO)[C@@H](O)[C@H]1O. The van der Waals surface area contributed by atoms with E-state index in [4.69, 9.17) is 27.2 Å². The highest BCUT2D eigenvalue weighted by Gasteiger charge is 2.55. The highest BCUT2D eigenvalue weighted by Crippen LogP contribution is 2.41. The Morgan fingerprint density at radius 3 is 2.78 bits per heavy atom. The van der Waals surface area contributed by atoms with Crippen molar-refractivity contribution in [2.45, 2.75) is 23.5 Å². The van der Waals surface area contributed by atoms with E-state index in [-0.39, 0.29) is 17.0 Å². The summed E-state index contributed by atoms with van der Waals surface area (Å²) in [4.78, 5) is 21.1. The van der Waals surface area contributed by atoms with E-state index in [0.29, 0.717) is 0 Å². The van der Waals surface area contributed by atoms with Crippen molar-refractivity contribution in [1.29, 1.82) is 0 Å². The molecule has 1 saturated heterocycles. The van der Waals surface area contributed by atoms with Crippen LogP contribution in [0.2, 0.25) is 0 Å². The molecule has 5 N–H and O–H groups in total. The zero-order chi connectivity index (χ0) is 16.9. The fourth-order valence-electron chi connectivity index (χ4n) is 2.32. The van der Waals surface area contributed by atoms with Crippen molar-refractivity contribution in [2.75, 3.05) is 12.3 Å². The Bertz CT molecular complexity index is 785. The van der Waals surface area contributed by atoms with Crippen LogP contribution in [0, 0.1) is 10.1 Å². The number of aliphatic hydroxyl groups is 3. The minimum atomic E-state index is -2.07. The summed E-state index contributed by atoms with van der Waals surface area (Å²) in [7, 11) is 0. The van der Waals surface area contributed by atoms with Crippen LogP contribution in [0.15, 0.2) is 6.33 Å². The molecule has 2 aromatic heterocycles. The maximum atomic E-state index is 10.9. The normalized spacial score (nSPS) is 30.9. The van der Waals surface area contributed by atoms with E-state index in [9.17, 15) is 20.3 Å². The largest absolute Gasteiger partial charge is 0.473 e. The molecule has 3 rings (SSSR count). The molecular weight excluding hydrogens is 336 g/mol. The van der Waals surface area contributed by atoms with Crippen LogP contribution in [-0.4, -0.2) is 64.7 Å². The Balaban J connectivity index is 2.18. The van der Waals surface area contributed by atoms with Crippen LogP contribution in [0.1, 0.15) is 0 Å². The van der Waals surface area contributed by atoms with E-state index in [1.807, 2.05) is 0 Å². The molecule has 124 valence electrons. The van der Waals surface area contributed by atoms with Crippen LogP contribution < -0.4 is 5.73 Å². The molecule has 1 aliphatic rings. The van der Waals surface area contributed by atoms with Crippen LogP contribution in [-0.2, 0) is 9.92 Å². The Labute approximate surface area is 132 Å². The third kappa shape index (κ3) is 2.19. The number of nitro groups is 1. The van der Waals surface area contributed by atoms with Gasteiger partial charge >= 0.3 is 5.95 Å². The van der Waals surface area contributed by atoms with E-state index >= 15 is 0 Å². The first-order valence-electron chi connectivity index (χ1n) is 6.28. The summed E-state index contributed by atoms with van der Waals surface area (Å²) in [6, 6.07) is 0. The average molecular weight is 347 g/mol. The van der Waals surface area contributed by atoms with Crippen LogP contribution in [0.3, 0.4) is 0 Å². The Kier molecular flexibility index (Phi) is 3.57. The van der Waals surface area contributed by atoms with Crippen molar-refractivity contribution in [3.63, 3.8) is 0 Å². The van der Waals surface area contributed by atoms with Crippen LogP contribution in [0.4, 0.5) is 11.8 Å². The molecule has 0 unspecified atom stereocenters. The van der Waals surface area contributed by atoms with Gasteiger partial charge < -0.3 is 35.9 Å². The molecule has 13 heteroatoms. The molecule has 0 aromatic carbocycles. The standard InChI is InChI=1S/C10H11ClN6O6/c11-10(6(20)5(19)3(1-18)23-10)16-2-13-4-7(12)14-9(17(21)22)15-8(4)16/h2-3,5-6,18-20H,1H2,(H2,12,14,15)/t3-,5-,6-,10+/m1/s1. The minimum absolute atomic E-state index is 0.00774. The number of alkyl halides is 1. The third-order valence-electron chi connectivity index (χ3n) is 3.47. The second-order valence-electron chi connectivity index (χ2n) is 4.84. The third-order valence-corrected chi connectivity index (χ3v) is 3.96. The van der Waals surface area contributed by atoms with Gasteiger partial charge in [-0.3, -0.25) is 4.57 Å². The van der Waals surface area contributed by atoms with Gasteiger partial charge in [0.15, 0.2) is 5.52 Å². The highest BCUT2D eigenvalue weighted by atomic mass is 35.5. The molecule has 1 aliphatic heterocycles. The molecule has 1 fully saturated rings. The molecule has 0 spiro atoms. The number of nitrogen functional groups attached to an aromatic ring is 1. The van der Waals surface area contributed by atoms with E-state index < -0.39 is 41.0 Å². The van der Waals surface area contributed by atoms with E-state index in [1.165, 1.54) is 0 Å². The molecule has 4 atom stereocenters. The molecule has 12 nitrogen and oxygen atoms in total. The van der Waals surface area contributed by atoms with Gasteiger partial charge in [0.1, 0.15) is 24.6 Å². The predicted octanol–water partition coefficient (Wildman–Crippen LogP) is -1.72. The number of imidazole rings is 1. The second kappa shape index (κ2) is 5.21. The van der Waals surface area contributed by atoms with Crippen LogP contribution >= 0.6 is 11.6 Å². The molecule has 0 bridgehead atoms. The number of nitrogens with two attached hydrogens (primary N) is 1. The number of halogens is 1.